The van der Waals surface area contributed by atoms with Crippen LogP contribution in [0.3, 0.4) is 0 Å². The van der Waals surface area contributed by atoms with Gasteiger partial charge in [0.2, 0.25) is 0 Å². The van der Waals surface area contributed by atoms with Gasteiger partial charge in [-0.05, 0) is 37.0 Å². The summed E-state index contributed by atoms with van der Waals surface area (Å²) < 4.78 is 0. The summed E-state index contributed by atoms with van der Waals surface area (Å²) in [6.07, 6.45) is 11.4. The molecule has 1 saturated heterocycles. The summed E-state index contributed by atoms with van der Waals surface area (Å²) in [4.78, 5) is 2.84. The van der Waals surface area contributed by atoms with Gasteiger partial charge in [-0.1, -0.05) is 53.4 Å². The Balaban J connectivity index is 1.89. The van der Waals surface area contributed by atoms with Gasteiger partial charge in [-0.3, -0.25) is 4.90 Å². The summed E-state index contributed by atoms with van der Waals surface area (Å²) in [7, 11) is 0. The van der Waals surface area contributed by atoms with E-state index in [9.17, 15) is 0 Å². The van der Waals surface area contributed by atoms with E-state index in [4.69, 9.17) is 0 Å². The van der Waals surface area contributed by atoms with Crippen LogP contribution in [-0.4, -0.2) is 36.6 Å². The molecule has 2 heteroatoms. The fraction of sp³-hybridized carbons (Fsp3) is 1.00. The quantitative estimate of drug-likeness (QED) is 0.779. The van der Waals surface area contributed by atoms with Crippen molar-refractivity contribution in [3.8, 4) is 0 Å². The molecule has 0 radical (unpaired) electrons. The first-order valence-corrected chi connectivity index (χ1v) is 9.45. The standard InChI is InChI=1S/C19H38N2/c1-5-6-9-16-12-17(20-15-19(2,3)4)14-21(13-16)18-10-7-8-11-18/h16-18,20H,5-15H2,1-4H3. The Morgan fingerprint density at radius 1 is 1.10 bits per heavy atom. The van der Waals surface area contributed by atoms with Crippen molar-refractivity contribution in [1.82, 2.24) is 10.2 Å². The molecule has 2 nitrogen and oxygen atoms in total. The number of nitrogens with zero attached hydrogens (tertiary/aromatic N) is 1. The van der Waals surface area contributed by atoms with Crippen LogP contribution in [0.2, 0.25) is 0 Å². The smallest absolute Gasteiger partial charge is 0.0198 e. The molecule has 1 heterocycles. The molecular formula is C19H38N2. The minimum Gasteiger partial charge on any atom is -0.312 e. The fourth-order valence-electron chi connectivity index (χ4n) is 4.11. The topological polar surface area (TPSA) is 15.3 Å². The Morgan fingerprint density at radius 2 is 1.81 bits per heavy atom. The van der Waals surface area contributed by atoms with Crippen LogP contribution in [-0.2, 0) is 0 Å². The molecule has 1 N–H and O–H groups in total. The molecule has 2 atom stereocenters. The van der Waals surface area contributed by atoms with E-state index in [1.807, 2.05) is 0 Å². The van der Waals surface area contributed by atoms with Crippen molar-refractivity contribution < 1.29 is 0 Å². The summed E-state index contributed by atoms with van der Waals surface area (Å²) in [5.74, 6) is 0.928. The predicted octanol–water partition coefficient (Wildman–Crippen LogP) is 4.45. The van der Waals surface area contributed by atoms with Gasteiger partial charge in [0.25, 0.3) is 0 Å². The van der Waals surface area contributed by atoms with Crippen molar-refractivity contribution >= 4 is 0 Å². The Bertz CT molecular complexity index is 288. The van der Waals surface area contributed by atoms with Gasteiger partial charge in [-0.15, -0.1) is 0 Å². The van der Waals surface area contributed by atoms with E-state index in [0.29, 0.717) is 5.41 Å². The normalized spacial score (nSPS) is 29.1. The summed E-state index contributed by atoms with van der Waals surface area (Å²) in [6.45, 7) is 13.2. The van der Waals surface area contributed by atoms with Crippen LogP contribution in [0.25, 0.3) is 0 Å². The van der Waals surface area contributed by atoms with Crippen LogP contribution in [0.15, 0.2) is 0 Å². The lowest BCUT2D eigenvalue weighted by molar-refractivity contribution is 0.0910. The third-order valence-corrected chi connectivity index (χ3v) is 5.29. The number of piperidine rings is 1. The van der Waals surface area contributed by atoms with Gasteiger partial charge in [-0.2, -0.15) is 0 Å². The number of likely N-dealkylation sites (tertiary alicyclic amines) is 1. The molecule has 2 unspecified atom stereocenters. The Morgan fingerprint density at radius 3 is 2.43 bits per heavy atom. The van der Waals surface area contributed by atoms with E-state index in [2.05, 4.69) is 37.9 Å². The van der Waals surface area contributed by atoms with Crippen LogP contribution < -0.4 is 5.32 Å². The van der Waals surface area contributed by atoms with Gasteiger partial charge in [0.15, 0.2) is 0 Å². The number of rotatable bonds is 6. The molecule has 124 valence electrons. The van der Waals surface area contributed by atoms with Crippen LogP contribution in [0.5, 0.6) is 0 Å². The highest BCUT2D eigenvalue weighted by Gasteiger charge is 2.32. The third-order valence-electron chi connectivity index (χ3n) is 5.29. The summed E-state index contributed by atoms with van der Waals surface area (Å²) >= 11 is 0. The zero-order valence-electron chi connectivity index (χ0n) is 15.0. The highest BCUT2D eigenvalue weighted by molar-refractivity contribution is 4.89. The molecule has 0 bridgehead atoms. The average molecular weight is 295 g/mol. The van der Waals surface area contributed by atoms with Crippen molar-refractivity contribution in [1.29, 1.82) is 0 Å². The average Bonchev–Trinajstić information content (AvgIpc) is 2.96. The van der Waals surface area contributed by atoms with Crippen molar-refractivity contribution in [2.45, 2.75) is 91.1 Å². The van der Waals surface area contributed by atoms with Gasteiger partial charge < -0.3 is 5.32 Å². The van der Waals surface area contributed by atoms with Crippen molar-refractivity contribution in [3.05, 3.63) is 0 Å². The molecule has 2 fully saturated rings. The van der Waals surface area contributed by atoms with Gasteiger partial charge in [0.05, 0.1) is 0 Å². The lowest BCUT2D eigenvalue weighted by Crippen LogP contribution is -2.53. The molecule has 2 rings (SSSR count). The molecule has 0 aromatic heterocycles. The van der Waals surface area contributed by atoms with Crippen molar-refractivity contribution in [2.75, 3.05) is 19.6 Å². The molecular weight excluding hydrogens is 256 g/mol. The number of nitrogens with one attached hydrogen (secondary N) is 1. The number of hydrogen-bond acceptors (Lipinski definition) is 2. The van der Waals surface area contributed by atoms with Crippen LogP contribution in [0, 0.1) is 11.3 Å². The molecule has 0 spiro atoms. The zero-order valence-corrected chi connectivity index (χ0v) is 15.0. The van der Waals surface area contributed by atoms with Gasteiger partial charge in [0, 0.05) is 31.7 Å². The lowest BCUT2D eigenvalue weighted by atomic mass is 9.88. The Kier molecular flexibility index (Phi) is 6.55. The third kappa shape index (κ3) is 5.90. The monoisotopic (exact) mass is 294 g/mol. The first-order chi connectivity index (χ1) is 9.98. The van der Waals surface area contributed by atoms with E-state index >= 15 is 0 Å². The van der Waals surface area contributed by atoms with Gasteiger partial charge >= 0.3 is 0 Å². The van der Waals surface area contributed by atoms with E-state index in [-0.39, 0.29) is 0 Å². The minimum absolute atomic E-state index is 0.397. The van der Waals surface area contributed by atoms with E-state index in [1.54, 1.807) is 0 Å². The maximum absolute atomic E-state index is 3.88. The largest absolute Gasteiger partial charge is 0.312 e. The second kappa shape index (κ2) is 7.97. The van der Waals surface area contributed by atoms with E-state index in [1.165, 1.54) is 64.5 Å². The second-order valence-electron chi connectivity index (χ2n) is 8.77. The molecule has 1 aliphatic carbocycles. The molecule has 1 aliphatic heterocycles. The zero-order chi connectivity index (χ0) is 15.3. The van der Waals surface area contributed by atoms with E-state index in [0.717, 1.165) is 24.5 Å². The Hall–Kier alpha value is -0.0800. The molecule has 1 saturated carbocycles. The summed E-state index contributed by atoms with van der Waals surface area (Å²) in [5.41, 5.74) is 0.397. The van der Waals surface area contributed by atoms with Crippen molar-refractivity contribution in [2.24, 2.45) is 11.3 Å². The molecule has 2 aliphatic rings. The first-order valence-electron chi connectivity index (χ1n) is 9.45. The van der Waals surface area contributed by atoms with Crippen LogP contribution in [0.1, 0.15) is 79.1 Å². The maximum Gasteiger partial charge on any atom is 0.0198 e. The van der Waals surface area contributed by atoms with Crippen LogP contribution in [0.4, 0.5) is 0 Å². The van der Waals surface area contributed by atoms with Crippen molar-refractivity contribution in [3.63, 3.8) is 0 Å². The fourth-order valence-corrected chi connectivity index (χ4v) is 4.11. The second-order valence-corrected chi connectivity index (χ2v) is 8.77. The number of hydrogen-bond donors (Lipinski definition) is 1. The molecule has 0 amide bonds. The van der Waals surface area contributed by atoms with Crippen LogP contribution >= 0.6 is 0 Å². The van der Waals surface area contributed by atoms with Gasteiger partial charge in [-0.25, -0.2) is 0 Å². The maximum atomic E-state index is 3.88. The highest BCUT2D eigenvalue weighted by Crippen LogP contribution is 2.30. The summed E-state index contributed by atoms with van der Waals surface area (Å²) in [5, 5.41) is 3.88. The van der Waals surface area contributed by atoms with E-state index < -0.39 is 0 Å². The minimum atomic E-state index is 0.397. The predicted molar refractivity (Wildman–Crippen MR) is 92.7 cm³/mol. The number of unbranched alkanes of at least 4 members (excludes halogenated alkanes) is 1. The molecule has 21 heavy (non-hydrogen) atoms. The van der Waals surface area contributed by atoms with Gasteiger partial charge in [0.1, 0.15) is 0 Å². The summed E-state index contributed by atoms with van der Waals surface area (Å²) in [6, 6.07) is 1.62. The first kappa shape index (κ1) is 17.3. The highest BCUT2D eigenvalue weighted by atomic mass is 15.2. The molecule has 0 aromatic carbocycles. The SMILES string of the molecule is CCCCC1CC(NCC(C)(C)C)CN(C2CCCC2)C1. The lowest BCUT2D eigenvalue weighted by Gasteiger charge is -2.42. The Labute approximate surface area is 133 Å². The molecule has 0 aromatic rings.